The molecular weight excluding hydrogens is 462 g/mol. The number of furan rings is 1. The highest BCUT2D eigenvalue weighted by Gasteiger charge is 2.22. The number of aromatic amines is 1. The Balaban J connectivity index is 1.80. The Labute approximate surface area is 200 Å². The predicted octanol–water partition coefficient (Wildman–Crippen LogP) is 2.77. The average Bonchev–Trinajstić information content (AvgIpc) is 3.40. The summed E-state index contributed by atoms with van der Waals surface area (Å²) in [5, 5.41) is 10.8. The van der Waals surface area contributed by atoms with Crippen molar-refractivity contribution in [2.24, 2.45) is 0 Å². The number of hydrogen-bond donors (Lipinski definition) is 2. The van der Waals surface area contributed by atoms with Crippen LogP contribution in [-0.4, -0.2) is 57.8 Å². The van der Waals surface area contributed by atoms with Crippen LogP contribution in [0.5, 0.6) is 0 Å². The molecule has 2 N–H and O–H groups in total. The fourth-order valence-electron chi connectivity index (χ4n) is 3.49. The van der Waals surface area contributed by atoms with E-state index in [-0.39, 0.29) is 37.8 Å². The van der Waals surface area contributed by atoms with Crippen LogP contribution in [0.25, 0.3) is 10.2 Å². The molecule has 0 aliphatic rings. The number of carbonyl (C=O) groups is 2. The molecule has 0 aliphatic heterocycles. The first-order chi connectivity index (χ1) is 16.3. The van der Waals surface area contributed by atoms with Crippen LogP contribution in [0.1, 0.15) is 53.5 Å². The maximum absolute atomic E-state index is 12.8. The van der Waals surface area contributed by atoms with Crippen LogP contribution in [0.3, 0.4) is 0 Å². The van der Waals surface area contributed by atoms with E-state index in [2.05, 4.69) is 9.97 Å². The minimum Gasteiger partial charge on any atom is -0.468 e. The minimum atomic E-state index is -0.939. The maximum Gasteiger partial charge on any atom is 0.348 e. The lowest BCUT2D eigenvalue weighted by Gasteiger charge is -2.23. The lowest BCUT2D eigenvalue weighted by molar-refractivity contribution is -0.147. The highest BCUT2D eigenvalue weighted by Crippen LogP contribution is 2.27. The largest absolute Gasteiger partial charge is 0.468 e. The summed E-state index contributed by atoms with van der Waals surface area (Å²) in [7, 11) is 0. The van der Waals surface area contributed by atoms with Crippen molar-refractivity contribution in [3.8, 4) is 0 Å². The van der Waals surface area contributed by atoms with E-state index in [1.54, 1.807) is 32.2 Å². The van der Waals surface area contributed by atoms with Crippen molar-refractivity contribution in [1.82, 2.24) is 14.9 Å². The molecule has 3 aromatic heterocycles. The number of aliphatic hydroxyl groups excluding tert-OH is 1. The molecule has 0 spiro atoms. The van der Waals surface area contributed by atoms with Gasteiger partial charge in [0.15, 0.2) is 0 Å². The van der Waals surface area contributed by atoms with E-state index in [9.17, 15) is 19.5 Å². The summed E-state index contributed by atoms with van der Waals surface area (Å²) >= 11 is 1.11. The number of H-pyrrole nitrogens is 1. The van der Waals surface area contributed by atoms with Gasteiger partial charge in [0.2, 0.25) is 0 Å². The number of aryl methyl sites for hydroxylation is 1. The molecule has 0 fully saturated rings. The number of fused-ring (bicyclic) bond motifs is 1. The Morgan fingerprint density at radius 1 is 1.29 bits per heavy atom. The first kappa shape index (κ1) is 25.6. The zero-order chi connectivity index (χ0) is 24.7. The zero-order valence-electron chi connectivity index (χ0n) is 19.5. The van der Waals surface area contributed by atoms with Crippen molar-refractivity contribution < 1.29 is 28.6 Å². The van der Waals surface area contributed by atoms with E-state index in [0.717, 1.165) is 11.3 Å². The standard InChI is InChI=1S/C23H29N3O7S/c1-4-7-18(28)33-13-15(27)10-26(11-16-8-6-9-32-16)12-17-24-21(29)19-14(3)20(23(30)31-5-2)34-22(19)25-17/h6,8-9,15,27H,4-5,7,10-13H2,1-3H3,(H,24,25,29)/t15-/m0/s1. The first-order valence-corrected chi connectivity index (χ1v) is 11.9. The third-order valence-electron chi connectivity index (χ3n) is 5.00. The Bertz CT molecular complexity index is 1170. The molecule has 11 heteroatoms. The number of thiophene rings is 1. The molecule has 1 atom stereocenters. The second kappa shape index (κ2) is 11.9. The van der Waals surface area contributed by atoms with Crippen molar-refractivity contribution in [2.75, 3.05) is 19.8 Å². The summed E-state index contributed by atoms with van der Waals surface area (Å²) in [5.74, 6) is 0.191. The van der Waals surface area contributed by atoms with Gasteiger partial charge in [-0.05, 0) is 38.0 Å². The van der Waals surface area contributed by atoms with Crippen LogP contribution in [0.2, 0.25) is 0 Å². The van der Waals surface area contributed by atoms with Crippen LogP contribution < -0.4 is 5.56 Å². The molecule has 0 saturated heterocycles. The molecule has 3 heterocycles. The van der Waals surface area contributed by atoms with Crippen molar-refractivity contribution in [3.63, 3.8) is 0 Å². The zero-order valence-corrected chi connectivity index (χ0v) is 20.3. The summed E-state index contributed by atoms with van der Waals surface area (Å²) in [6, 6.07) is 3.56. The number of esters is 2. The molecule has 0 aliphatic carbocycles. The number of nitrogens with zero attached hydrogens (tertiary/aromatic N) is 2. The van der Waals surface area contributed by atoms with Crippen molar-refractivity contribution in [3.05, 3.63) is 50.8 Å². The number of hydrogen-bond acceptors (Lipinski definition) is 10. The number of rotatable bonds is 12. The summed E-state index contributed by atoms with van der Waals surface area (Å²) in [5.41, 5.74) is 0.187. The molecule has 0 saturated carbocycles. The Hall–Kier alpha value is -3.02. The van der Waals surface area contributed by atoms with E-state index in [1.807, 2.05) is 11.8 Å². The average molecular weight is 492 g/mol. The first-order valence-electron chi connectivity index (χ1n) is 11.1. The molecule has 34 heavy (non-hydrogen) atoms. The Morgan fingerprint density at radius 2 is 2.09 bits per heavy atom. The topological polar surface area (TPSA) is 135 Å². The second-order valence-electron chi connectivity index (χ2n) is 7.81. The van der Waals surface area contributed by atoms with Crippen LogP contribution in [0.15, 0.2) is 27.6 Å². The SMILES string of the molecule is CCCC(=O)OC[C@@H](O)CN(Cc1nc2sc(C(=O)OCC)c(C)c2c(=O)[nH]1)Cc1ccco1. The molecule has 0 radical (unpaired) electrons. The predicted molar refractivity (Wildman–Crippen MR) is 126 cm³/mol. The van der Waals surface area contributed by atoms with Gasteiger partial charge in [0.05, 0.1) is 31.3 Å². The van der Waals surface area contributed by atoms with Gasteiger partial charge in [0, 0.05) is 13.0 Å². The lowest BCUT2D eigenvalue weighted by Crippen LogP contribution is -2.35. The fraction of sp³-hybridized carbons (Fsp3) is 0.478. The van der Waals surface area contributed by atoms with Gasteiger partial charge in [0.25, 0.3) is 5.56 Å². The third kappa shape index (κ3) is 6.52. The molecular formula is C23H29N3O7S. The maximum atomic E-state index is 12.8. The van der Waals surface area contributed by atoms with Gasteiger partial charge in [-0.15, -0.1) is 11.3 Å². The van der Waals surface area contributed by atoms with Gasteiger partial charge < -0.3 is 24.0 Å². The van der Waals surface area contributed by atoms with E-state index < -0.39 is 12.1 Å². The number of carbonyl (C=O) groups excluding carboxylic acids is 2. The van der Waals surface area contributed by atoms with Gasteiger partial charge in [-0.2, -0.15) is 0 Å². The fourth-order valence-corrected chi connectivity index (χ4v) is 4.59. The van der Waals surface area contributed by atoms with Crippen LogP contribution in [0.4, 0.5) is 0 Å². The normalized spacial score (nSPS) is 12.3. The Kier molecular flexibility index (Phi) is 8.97. The van der Waals surface area contributed by atoms with Crippen molar-refractivity contribution >= 4 is 33.5 Å². The summed E-state index contributed by atoms with van der Waals surface area (Å²) in [4.78, 5) is 46.6. The Morgan fingerprint density at radius 3 is 2.76 bits per heavy atom. The quantitative estimate of drug-likeness (QED) is 0.367. The molecule has 0 amide bonds. The molecule has 0 unspecified atom stereocenters. The molecule has 184 valence electrons. The minimum absolute atomic E-state index is 0.135. The smallest absolute Gasteiger partial charge is 0.348 e. The third-order valence-corrected chi connectivity index (χ3v) is 6.17. The monoisotopic (exact) mass is 491 g/mol. The van der Waals surface area contributed by atoms with E-state index in [0.29, 0.717) is 51.6 Å². The lowest BCUT2D eigenvalue weighted by atomic mass is 10.2. The molecule has 3 aromatic rings. The van der Waals surface area contributed by atoms with Crippen molar-refractivity contribution in [1.29, 1.82) is 0 Å². The number of aromatic nitrogens is 2. The van der Waals surface area contributed by atoms with Gasteiger partial charge >= 0.3 is 11.9 Å². The number of nitrogens with one attached hydrogen (secondary N) is 1. The highest BCUT2D eigenvalue weighted by atomic mass is 32.1. The molecule has 0 aromatic carbocycles. The summed E-state index contributed by atoms with van der Waals surface area (Å²) in [6.45, 7) is 6.07. The van der Waals surface area contributed by atoms with Crippen LogP contribution in [-0.2, 0) is 27.4 Å². The van der Waals surface area contributed by atoms with E-state index >= 15 is 0 Å². The van der Waals surface area contributed by atoms with Gasteiger partial charge in [-0.25, -0.2) is 9.78 Å². The van der Waals surface area contributed by atoms with Crippen molar-refractivity contribution in [2.45, 2.75) is 52.8 Å². The highest BCUT2D eigenvalue weighted by molar-refractivity contribution is 7.20. The van der Waals surface area contributed by atoms with E-state index in [4.69, 9.17) is 13.9 Å². The summed E-state index contributed by atoms with van der Waals surface area (Å²) < 4.78 is 15.6. The molecule has 0 bridgehead atoms. The number of aliphatic hydroxyl groups is 1. The molecule has 3 rings (SSSR count). The summed E-state index contributed by atoms with van der Waals surface area (Å²) in [6.07, 6.45) is 1.57. The number of ether oxygens (including phenoxy) is 2. The van der Waals surface area contributed by atoms with Gasteiger partial charge in [-0.1, -0.05) is 6.92 Å². The second-order valence-corrected chi connectivity index (χ2v) is 8.80. The molecule has 10 nitrogen and oxygen atoms in total. The van der Waals surface area contributed by atoms with Crippen LogP contribution in [0, 0.1) is 6.92 Å². The van der Waals surface area contributed by atoms with E-state index in [1.165, 1.54) is 0 Å². The van der Waals surface area contributed by atoms with Gasteiger partial charge in [0.1, 0.15) is 34.0 Å². The van der Waals surface area contributed by atoms with Crippen LogP contribution >= 0.6 is 11.3 Å². The van der Waals surface area contributed by atoms with Gasteiger partial charge in [-0.3, -0.25) is 14.5 Å².